The third kappa shape index (κ3) is 4.82. The van der Waals surface area contributed by atoms with Crippen molar-refractivity contribution in [2.75, 3.05) is 6.54 Å². The van der Waals surface area contributed by atoms with E-state index in [9.17, 15) is 0 Å². The first-order chi connectivity index (χ1) is 9.95. The Labute approximate surface area is 130 Å². The Kier molecular flexibility index (Phi) is 5.83. The van der Waals surface area contributed by atoms with Crippen LogP contribution in [0.1, 0.15) is 52.2 Å². The zero-order valence-corrected chi connectivity index (χ0v) is 14.4. The van der Waals surface area contributed by atoms with Gasteiger partial charge in [-0.15, -0.1) is 0 Å². The topological polar surface area (TPSA) is 15.3 Å². The fourth-order valence-corrected chi connectivity index (χ4v) is 3.44. The molecule has 1 aromatic carbocycles. The molecule has 2 nitrogen and oxygen atoms in total. The normalized spacial score (nSPS) is 27.2. The Bertz CT molecular complexity index is 441. The first-order valence-corrected chi connectivity index (χ1v) is 8.51. The number of hydrogen-bond acceptors (Lipinski definition) is 2. The lowest BCUT2D eigenvalue weighted by Crippen LogP contribution is -2.45. The Balaban J connectivity index is 2.00. The standard InChI is InChI=1S/C19H32N2/c1-14(2)20-11-18-7-6-8-19(10-18)13-21-12-15(3)9-16(4)17(21)5/h6-8,10,14-17,20H,9,11-13H2,1-5H3. The van der Waals surface area contributed by atoms with Gasteiger partial charge in [0.25, 0.3) is 0 Å². The number of nitrogens with zero attached hydrogens (tertiary/aromatic N) is 1. The minimum absolute atomic E-state index is 0.539. The van der Waals surface area contributed by atoms with Gasteiger partial charge in [0.15, 0.2) is 0 Å². The van der Waals surface area contributed by atoms with E-state index in [1.807, 2.05) is 0 Å². The first kappa shape index (κ1) is 16.5. The van der Waals surface area contributed by atoms with Crippen LogP contribution in [0.3, 0.4) is 0 Å². The third-order valence-electron chi connectivity index (χ3n) is 4.81. The van der Waals surface area contributed by atoms with Crippen molar-refractivity contribution in [2.45, 2.75) is 66.2 Å². The van der Waals surface area contributed by atoms with E-state index >= 15 is 0 Å². The van der Waals surface area contributed by atoms with Gasteiger partial charge >= 0.3 is 0 Å². The summed E-state index contributed by atoms with van der Waals surface area (Å²) in [6, 6.07) is 10.3. The van der Waals surface area contributed by atoms with Crippen LogP contribution in [0, 0.1) is 11.8 Å². The van der Waals surface area contributed by atoms with Gasteiger partial charge in [0.05, 0.1) is 0 Å². The van der Waals surface area contributed by atoms with E-state index in [0.29, 0.717) is 12.1 Å². The molecule has 0 amide bonds. The molecule has 0 saturated carbocycles. The highest BCUT2D eigenvalue weighted by Gasteiger charge is 2.28. The summed E-state index contributed by atoms with van der Waals surface area (Å²) in [7, 11) is 0. The third-order valence-corrected chi connectivity index (χ3v) is 4.81. The van der Waals surface area contributed by atoms with Crippen molar-refractivity contribution in [1.82, 2.24) is 10.2 Å². The molecular formula is C19H32N2. The maximum Gasteiger partial charge on any atom is 0.0236 e. The van der Waals surface area contributed by atoms with E-state index in [2.05, 4.69) is 69.1 Å². The summed E-state index contributed by atoms with van der Waals surface area (Å²) in [5.74, 6) is 1.63. The van der Waals surface area contributed by atoms with E-state index in [0.717, 1.165) is 24.9 Å². The molecule has 3 atom stereocenters. The second-order valence-electron chi connectivity index (χ2n) is 7.34. The van der Waals surface area contributed by atoms with Gasteiger partial charge in [-0.2, -0.15) is 0 Å². The van der Waals surface area contributed by atoms with Crippen molar-refractivity contribution in [2.24, 2.45) is 11.8 Å². The molecule has 118 valence electrons. The second kappa shape index (κ2) is 7.42. The molecule has 1 aromatic rings. The van der Waals surface area contributed by atoms with Crippen LogP contribution in [-0.4, -0.2) is 23.5 Å². The molecule has 1 aliphatic heterocycles. The van der Waals surface area contributed by atoms with Crippen molar-refractivity contribution >= 4 is 0 Å². The average Bonchev–Trinajstić information content (AvgIpc) is 2.42. The number of hydrogen-bond donors (Lipinski definition) is 1. The lowest BCUT2D eigenvalue weighted by molar-refractivity contribution is 0.0729. The van der Waals surface area contributed by atoms with Crippen molar-refractivity contribution in [3.8, 4) is 0 Å². The van der Waals surface area contributed by atoms with E-state index < -0.39 is 0 Å². The summed E-state index contributed by atoms with van der Waals surface area (Å²) in [6.45, 7) is 14.9. The van der Waals surface area contributed by atoms with Gasteiger partial charge < -0.3 is 5.32 Å². The molecule has 0 radical (unpaired) electrons. The Morgan fingerprint density at radius 1 is 1.19 bits per heavy atom. The van der Waals surface area contributed by atoms with E-state index in [4.69, 9.17) is 0 Å². The van der Waals surface area contributed by atoms with Crippen molar-refractivity contribution < 1.29 is 0 Å². The van der Waals surface area contributed by atoms with Crippen LogP contribution in [0.2, 0.25) is 0 Å². The monoisotopic (exact) mass is 288 g/mol. The highest BCUT2D eigenvalue weighted by atomic mass is 15.2. The van der Waals surface area contributed by atoms with Gasteiger partial charge in [0.2, 0.25) is 0 Å². The van der Waals surface area contributed by atoms with Crippen LogP contribution in [0.4, 0.5) is 0 Å². The molecule has 2 rings (SSSR count). The summed E-state index contributed by atoms with van der Waals surface area (Å²) in [5, 5.41) is 3.50. The number of benzene rings is 1. The maximum atomic E-state index is 3.50. The van der Waals surface area contributed by atoms with Gasteiger partial charge in [-0.3, -0.25) is 4.90 Å². The minimum Gasteiger partial charge on any atom is -0.310 e. The zero-order chi connectivity index (χ0) is 15.4. The van der Waals surface area contributed by atoms with Gasteiger partial charge in [-0.1, -0.05) is 52.0 Å². The van der Waals surface area contributed by atoms with Crippen LogP contribution in [-0.2, 0) is 13.1 Å². The largest absolute Gasteiger partial charge is 0.310 e. The molecule has 0 bridgehead atoms. The Hall–Kier alpha value is -0.860. The van der Waals surface area contributed by atoms with E-state index in [-0.39, 0.29) is 0 Å². The molecule has 3 unspecified atom stereocenters. The number of nitrogens with one attached hydrogen (secondary N) is 1. The maximum absolute atomic E-state index is 3.50. The molecule has 1 N–H and O–H groups in total. The van der Waals surface area contributed by atoms with Crippen LogP contribution in [0.5, 0.6) is 0 Å². The number of likely N-dealkylation sites (tertiary alicyclic amines) is 1. The molecule has 0 aliphatic carbocycles. The van der Waals surface area contributed by atoms with Gasteiger partial charge in [-0.25, -0.2) is 0 Å². The minimum atomic E-state index is 0.539. The molecular weight excluding hydrogens is 256 g/mol. The summed E-state index contributed by atoms with van der Waals surface area (Å²) in [4.78, 5) is 2.66. The quantitative estimate of drug-likeness (QED) is 0.879. The highest BCUT2D eigenvalue weighted by molar-refractivity contribution is 5.23. The van der Waals surface area contributed by atoms with Crippen LogP contribution in [0.15, 0.2) is 24.3 Å². The van der Waals surface area contributed by atoms with Crippen LogP contribution in [0.25, 0.3) is 0 Å². The Morgan fingerprint density at radius 3 is 2.62 bits per heavy atom. The number of rotatable bonds is 5. The molecule has 1 heterocycles. The van der Waals surface area contributed by atoms with E-state index in [1.165, 1.54) is 24.1 Å². The van der Waals surface area contributed by atoms with Gasteiger partial charge in [-0.05, 0) is 36.3 Å². The van der Waals surface area contributed by atoms with Crippen LogP contribution < -0.4 is 5.32 Å². The number of piperidine rings is 1. The zero-order valence-electron chi connectivity index (χ0n) is 14.4. The van der Waals surface area contributed by atoms with Crippen molar-refractivity contribution in [3.63, 3.8) is 0 Å². The van der Waals surface area contributed by atoms with Crippen LogP contribution >= 0.6 is 0 Å². The summed E-state index contributed by atoms with van der Waals surface area (Å²) in [5.41, 5.74) is 2.85. The second-order valence-corrected chi connectivity index (χ2v) is 7.34. The molecule has 1 saturated heterocycles. The fraction of sp³-hybridized carbons (Fsp3) is 0.684. The SMILES string of the molecule is CC1CC(C)C(C)N(Cc2cccc(CNC(C)C)c2)C1. The molecule has 1 fully saturated rings. The lowest BCUT2D eigenvalue weighted by Gasteiger charge is -2.41. The first-order valence-electron chi connectivity index (χ1n) is 8.51. The Morgan fingerprint density at radius 2 is 1.90 bits per heavy atom. The predicted molar refractivity (Wildman–Crippen MR) is 91.2 cm³/mol. The summed E-state index contributed by atoms with van der Waals surface area (Å²) in [6.07, 6.45) is 1.37. The van der Waals surface area contributed by atoms with Crippen molar-refractivity contribution in [1.29, 1.82) is 0 Å². The predicted octanol–water partition coefficient (Wildman–Crippen LogP) is 4.05. The molecule has 0 aromatic heterocycles. The van der Waals surface area contributed by atoms with E-state index in [1.54, 1.807) is 0 Å². The average molecular weight is 288 g/mol. The molecule has 1 aliphatic rings. The lowest BCUT2D eigenvalue weighted by atomic mass is 9.86. The highest BCUT2D eigenvalue weighted by Crippen LogP contribution is 2.28. The van der Waals surface area contributed by atoms with Gasteiger partial charge in [0, 0.05) is 31.7 Å². The summed E-state index contributed by atoms with van der Waals surface area (Å²) < 4.78 is 0. The molecule has 2 heteroatoms. The summed E-state index contributed by atoms with van der Waals surface area (Å²) >= 11 is 0. The smallest absolute Gasteiger partial charge is 0.0236 e. The molecule has 21 heavy (non-hydrogen) atoms. The molecule has 0 spiro atoms. The van der Waals surface area contributed by atoms with Gasteiger partial charge in [0.1, 0.15) is 0 Å². The van der Waals surface area contributed by atoms with Crippen molar-refractivity contribution in [3.05, 3.63) is 35.4 Å². The fourth-order valence-electron chi connectivity index (χ4n) is 3.44.